The van der Waals surface area contributed by atoms with Gasteiger partial charge in [-0.05, 0) is 6.07 Å². The van der Waals surface area contributed by atoms with Gasteiger partial charge in [-0.1, -0.05) is 36.4 Å². The number of carbonyl (C=O) groups is 1. The summed E-state index contributed by atoms with van der Waals surface area (Å²) < 4.78 is 26.3. The van der Waals surface area contributed by atoms with E-state index in [-0.39, 0.29) is 5.56 Å². The minimum Gasteiger partial charge on any atom is -0.292 e. The highest BCUT2D eigenvalue weighted by Gasteiger charge is 2.22. The van der Waals surface area contributed by atoms with Gasteiger partial charge in [-0.2, -0.15) is 0 Å². The van der Waals surface area contributed by atoms with E-state index in [4.69, 9.17) is 11.6 Å². The second kappa shape index (κ2) is 5.27. The molecule has 18 heavy (non-hydrogen) atoms. The lowest BCUT2D eigenvalue weighted by atomic mass is 10.0. The summed E-state index contributed by atoms with van der Waals surface area (Å²) in [5.41, 5.74) is 0.369. The molecule has 0 saturated carbocycles. The standard InChI is InChI=1S/C14H9ClF2O/c15-13(11-7-6-10(16)8-12(11)17)14(18)9-4-2-1-3-5-9/h1-8,13H. The molecule has 0 N–H and O–H groups in total. The maximum atomic E-state index is 13.5. The van der Waals surface area contributed by atoms with Gasteiger partial charge in [0.05, 0.1) is 0 Å². The monoisotopic (exact) mass is 266 g/mol. The highest BCUT2D eigenvalue weighted by atomic mass is 35.5. The zero-order chi connectivity index (χ0) is 13.1. The van der Waals surface area contributed by atoms with E-state index in [1.165, 1.54) is 6.07 Å². The van der Waals surface area contributed by atoms with Gasteiger partial charge in [-0.15, -0.1) is 11.6 Å². The molecular formula is C14H9ClF2O. The molecule has 0 aromatic heterocycles. The Morgan fingerprint density at radius 3 is 2.33 bits per heavy atom. The molecule has 92 valence electrons. The van der Waals surface area contributed by atoms with Crippen molar-refractivity contribution in [1.82, 2.24) is 0 Å². The van der Waals surface area contributed by atoms with Crippen LogP contribution in [0.2, 0.25) is 0 Å². The predicted octanol–water partition coefficient (Wildman–Crippen LogP) is 4.13. The number of Topliss-reactive ketones (excluding diaryl/α,β-unsaturated/α-hetero) is 1. The van der Waals surface area contributed by atoms with Crippen molar-refractivity contribution in [2.75, 3.05) is 0 Å². The first-order valence-electron chi connectivity index (χ1n) is 5.28. The zero-order valence-electron chi connectivity index (χ0n) is 9.24. The van der Waals surface area contributed by atoms with Crippen LogP contribution >= 0.6 is 11.6 Å². The number of hydrogen-bond acceptors (Lipinski definition) is 1. The number of rotatable bonds is 3. The summed E-state index contributed by atoms with van der Waals surface area (Å²) in [5, 5.41) is -1.16. The van der Waals surface area contributed by atoms with E-state index in [0.717, 1.165) is 6.07 Å². The second-order valence-corrected chi connectivity index (χ2v) is 4.20. The molecule has 0 saturated heterocycles. The van der Waals surface area contributed by atoms with Gasteiger partial charge < -0.3 is 0 Å². The van der Waals surface area contributed by atoms with Crippen molar-refractivity contribution in [3.63, 3.8) is 0 Å². The maximum absolute atomic E-state index is 13.5. The van der Waals surface area contributed by atoms with E-state index < -0.39 is 22.8 Å². The number of ketones is 1. The van der Waals surface area contributed by atoms with Gasteiger partial charge in [0.25, 0.3) is 0 Å². The molecule has 0 radical (unpaired) electrons. The number of hydrogen-bond donors (Lipinski definition) is 0. The summed E-state index contributed by atoms with van der Waals surface area (Å²) in [6, 6.07) is 11.3. The third-order valence-electron chi connectivity index (χ3n) is 2.52. The molecule has 1 nitrogen and oxygen atoms in total. The molecule has 0 fully saturated rings. The Morgan fingerprint density at radius 2 is 1.72 bits per heavy atom. The van der Waals surface area contributed by atoms with Crippen LogP contribution in [-0.4, -0.2) is 5.78 Å². The Hall–Kier alpha value is -1.74. The number of halogens is 3. The molecule has 2 aromatic rings. The minimum atomic E-state index is -1.16. The molecule has 4 heteroatoms. The SMILES string of the molecule is O=C(c1ccccc1)C(Cl)c1ccc(F)cc1F. The number of benzene rings is 2. The highest BCUT2D eigenvalue weighted by molar-refractivity contribution is 6.33. The molecule has 2 rings (SSSR count). The molecule has 1 unspecified atom stereocenters. The third kappa shape index (κ3) is 2.57. The Bertz CT molecular complexity index is 569. The van der Waals surface area contributed by atoms with Gasteiger partial charge in [0.2, 0.25) is 0 Å². The molecule has 0 heterocycles. The van der Waals surface area contributed by atoms with Crippen LogP contribution in [-0.2, 0) is 0 Å². The molecule has 1 atom stereocenters. The van der Waals surface area contributed by atoms with Gasteiger partial charge in [0.15, 0.2) is 5.78 Å². The van der Waals surface area contributed by atoms with E-state index in [0.29, 0.717) is 11.6 Å². The molecule has 0 aliphatic heterocycles. The molecular weight excluding hydrogens is 258 g/mol. The summed E-state index contributed by atoms with van der Waals surface area (Å²) >= 11 is 5.94. The Balaban J connectivity index is 2.31. The number of carbonyl (C=O) groups excluding carboxylic acids is 1. The fourth-order valence-corrected chi connectivity index (χ4v) is 1.90. The van der Waals surface area contributed by atoms with Crippen molar-refractivity contribution < 1.29 is 13.6 Å². The van der Waals surface area contributed by atoms with Crippen LogP contribution in [0.5, 0.6) is 0 Å². The molecule has 0 bridgehead atoms. The van der Waals surface area contributed by atoms with Crippen molar-refractivity contribution in [2.24, 2.45) is 0 Å². The van der Waals surface area contributed by atoms with E-state index >= 15 is 0 Å². The summed E-state index contributed by atoms with van der Waals surface area (Å²) in [6.07, 6.45) is 0. The predicted molar refractivity (Wildman–Crippen MR) is 65.7 cm³/mol. The topological polar surface area (TPSA) is 17.1 Å². The van der Waals surface area contributed by atoms with Crippen molar-refractivity contribution in [3.8, 4) is 0 Å². The third-order valence-corrected chi connectivity index (χ3v) is 2.96. The lowest BCUT2D eigenvalue weighted by Gasteiger charge is -2.10. The molecule has 0 spiro atoms. The largest absolute Gasteiger partial charge is 0.292 e. The van der Waals surface area contributed by atoms with Gasteiger partial charge in [-0.25, -0.2) is 8.78 Å². The van der Waals surface area contributed by atoms with Crippen molar-refractivity contribution in [2.45, 2.75) is 5.38 Å². The van der Waals surface area contributed by atoms with Crippen LogP contribution in [0.1, 0.15) is 21.3 Å². The van der Waals surface area contributed by atoms with Gasteiger partial charge in [0, 0.05) is 17.2 Å². The zero-order valence-corrected chi connectivity index (χ0v) is 9.99. The maximum Gasteiger partial charge on any atom is 0.185 e. The van der Waals surface area contributed by atoms with Crippen molar-refractivity contribution in [3.05, 3.63) is 71.3 Å². The first-order valence-corrected chi connectivity index (χ1v) is 5.71. The van der Waals surface area contributed by atoms with Crippen molar-refractivity contribution in [1.29, 1.82) is 0 Å². The van der Waals surface area contributed by atoms with Gasteiger partial charge in [-0.3, -0.25) is 4.79 Å². The van der Waals surface area contributed by atoms with Crippen LogP contribution in [0.4, 0.5) is 8.78 Å². The molecule has 0 amide bonds. The van der Waals surface area contributed by atoms with Crippen LogP contribution in [0.25, 0.3) is 0 Å². The molecule has 0 aliphatic carbocycles. The Labute approximate surface area is 108 Å². The van der Waals surface area contributed by atoms with Crippen molar-refractivity contribution >= 4 is 17.4 Å². The van der Waals surface area contributed by atoms with E-state index in [9.17, 15) is 13.6 Å². The van der Waals surface area contributed by atoms with Gasteiger partial charge >= 0.3 is 0 Å². The Morgan fingerprint density at radius 1 is 1.06 bits per heavy atom. The van der Waals surface area contributed by atoms with E-state index in [1.54, 1.807) is 30.3 Å². The van der Waals surface area contributed by atoms with Crippen LogP contribution < -0.4 is 0 Å². The van der Waals surface area contributed by atoms with Crippen LogP contribution in [0, 0.1) is 11.6 Å². The number of alkyl halides is 1. The molecule has 0 aliphatic rings. The summed E-state index contributed by atoms with van der Waals surface area (Å²) in [4.78, 5) is 12.0. The van der Waals surface area contributed by atoms with E-state index in [2.05, 4.69) is 0 Å². The Kier molecular flexibility index (Phi) is 3.72. The van der Waals surface area contributed by atoms with Crippen LogP contribution in [0.15, 0.2) is 48.5 Å². The first kappa shape index (κ1) is 12.7. The lowest BCUT2D eigenvalue weighted by Crippen LogP contribution is -2.09. The van der Waals surface area contributed by atoms with Gasteiger partial charge in [0.1, 0.15) is 17.0 Å². The lowest BCUT2D eigenvalue weighted by molar-refractivity contribution is 0.0986. The fourth-order valence-electron chi connectivity index (χ4n) is 1.60. The average Bonchev–Trinajstić information content (AvgIpc) is 2.38. The molecule has 2 aromatic carbocycles. The van der Waals surface area contributed by atoms with E-state index in [1.807, 2.05) is 0 Å². The van der Waals surface area contributed by atoms with Crippen LogP contribution in [0.3, 0.4) is 0 Å². The average molecular weight is 267 g/mol. The minimum absolute atomic E-state index is 0.0214. The highest BCUT2D eigenvalue weighted by Crippen LogP contribution is 2.27. The first-order chi connectivity index (χ1) is 8.59. The smallest absolute Gasteiger partial charge is 0.185 e. The summed E-state index contributed by atoms with van der Waals surface area (Å²) in [5.74, 6) is -1.94. The summed E-state index contributed by atoms with van der Waals surface area (Å²) in [6.45, 7) is 0. The quantitative estimate of drug-likeness (QED) is 0.603. The normalized spacial score (nSPS) is 12.2. The second-order valence-electron chi connectivity index (χ2n) is 3.76. The fraction of sp³-hybridized carbons (Fsp3) is 0.0714. The summed E-state index contributed by atoms with van der Waals surface area (Å²) in [7, 11) is 0.